The second kappa shape index (κ2) is 4.80. The zero-order valence-corrected chi connectivity index (χ0v) is 11.1. The Morgan fingerprint density at radius 1 is 1.65 bits per heavy atom. The van der Waals surface area contributed by atoms with Crippen molar-refractivity contribution in [1.82, 2.24) is 5.32 Å². The minimum Gasteiger partial charge on any atom is -0.506 e. The fourth-order valence-corrected chi connectivity index (χ4v) is 2.64. The molecule has 0 aromatic heterocycles. The molecule has 1 aromatic rings. The topological polar surface area (TPSA) is 75.4 Å². The van der Waals surface area contributed by atoms with Gasteiger partial charge in [-0.3, -0.25) is 10.1 Å². The number of nitrogens with zero attached hydrogens (tertiary/aromatic N) is 1. The maximum atomic E-state index is 10.9. The van der Waals surface area contributed by atoms with Gasteiger partial charge in [-0.2, -0.15) is 0 Å². The molecule has 0 saturated carbocycles. The maximum Gasteiger partial charge on any atom is 0.285 e. The second-order valence-corrected chi connectivity index (χ2v) is 5.08. The van der Waals surface area contributed by atoms with Crippen LogP contribution in [0.1, 0.15) is 17.9 Å². The van der Waals surface area contributed by atoms with Crippen molar-refractivity contribution in [3.8, 4) is 5.75 Å². The van der Waals surface area contributed by atoms with Crippen molar-refractivity contribution in [2.24, 2.45) is 0 Å². The normalized spacial score (nSPS) is 19.5. The van der Waals surface area contributed by atoms with Crippen molar-refractivity contribution < 1.29 is 10.0 Å². The molecule has 1 saturated heterocycles. The van der Waals surface area contributed by atoms with Gasteiger partial charge in [0, 0.05) is 24.1 Å². The Kier molecular flexibility index (Phi) is 3.56. The summed E-state index contributed by atoms with van der Waals surface area (Å²) in [4.78, 5) is 10.4. The van der Waals surface area contributed by atoms with Crippen molar-refractivity contribution in [3.63, 3.8) is 0 Å². The minimum absolute atomic E-state index is 0.00102. The molecule has 92 valence electrons. The van der Waals surface area contributed by atoms with Gasteiger partial charge in [-0.25, -0.2) is 0 Å². The van der Waals surface area contributed by atoms with Crippen molar-refractivity contribution >= 4 is 33.2 Å². The van der Waals surface area contributed by atoms with Crippen LogP contribution in [0.3, 0.4) is 0 Å². The van der Waals surface area contributed by atoms with Gasteiger partial charge in [0.1, 0.15) is 15.2 Å². The van der Waals surface area contributed by atoms with E-state index in [1.807, 2.05) is 0 Å². The Morgan fingerprint density at radius 3 is 2.88 bits per heavy atom. The number of hydrogen-bond acceptors (Lipinski definition) is 4. The molecule has 1 aliphatic rings. The number of rotatable bonds is 2. The molecule has 1 fully saturated rings. The van der Waals surface area contributed by atoms with E-state index in [0.29, 0.717) is 12.1 Å². The number of aromatic hydroxyl groups is 1. The summed E-state index contributed by atoms with van der Waals surface area (Å²) < 4.78 is 0.122. The Balaban J connectivity index is 2.55. The molecular formula is C10H10BrClN2O3. The van der Waals surface area contributed by atoms with E-state index in [-0.39, 0.29) is 26.9 Å². The highest BCUT2D eigenvalue weighted by Crippen LogP contribution is 2.44. The first-order valence-electron chi connectivity index (χ1n) is 5.08. The SMILES string of the molecule is O=[N+]([O-])c1cc(C2CCNC2)c(O)c(Cl)c1Br. The van der Waals surface area contributed by atoms with E-state index in [9.17, 15) is 15.2 Å². The highest BCUT2D eigenvalue weighted by Gasteiger charge is 2.27. The van der Waals surface area contributed by atoms with Gasteiger partial charge in [0.05, 0.1) is 4.92 Å². The molecule has 1 heterocycles. The molecule has 2 N–H and O–H groups in total. The summed E-state index contributed by atoms with van der Waals surface area (Å²) in [5.74, 6) is -0.00265. The molecule has 17 heavy (non-hydrogen) atoms. The smallest absolute Gasteiger partial charge is 0.285 e. The summed E-state index contributed by atoms with van der Waals surface area (Å²) in [6.07, 6.45) is 0.836. The summed E-state index contributed by atoms with van der Waals surface area (Å²) in [6, 6.07) is 1.39. The number of halogens is 2. The zero-order chi connectivity index (χ0) is 12.6. The molecule has 5 nitrogen and oxygen atoms in total. The number of phenols is 1. The van der Waals surface area contributed by atoms with Gasteiger partial charge in [0.15, 0.2) is 0 Å². The van der Waals surface area contributed by atoms with Crippen LogP contribution < -0.4 is 5.32 Å². The number of hydrogen-bond donors (Lipinski definition) is 2. The molecule has 0 spiro atoms. The van der Waals surface area contributed by atoms with E-state index in [1.165, 1.54) is 6.07 Å². The van der Waals surface area contributed by atoms with Gasteiger partial charge in [0.25, 0.3) is 5.69 Å². The molecule has 0 radical (unpaired) electrons. The first-order chi connectivity index (χ1) is 8.02. The average Bonchev–Trinajstić information content (AvgIpc) is 2.79. The van der Waals surface area contributed by atoms with E-state index in [1.54, 1.807) is 0 Å². The predicted molar refractivity (Wildman–Crippen MR) is 67.7 cm³/mol. The van der Waals surface area contributed by atoms with Gasteiger partial charge < -0.3 is 10.4 Å². The quantitative estimate of drug-likeness (QED) is 0.649. The third-order valence-electron chi connectivity index (χ3n) is 2.89. The van der Waals surface area contributed by atoms with Crippen LogP contribution in [-0.2, 0) is 0 Å². The standard InChI is InChI=1S/C10H10BrClN2O3/c11-8-7(14(16)17)3-6(10(15)9(8)12)5-1-2-13-4-5/h3,5,13,15H,1-2,4H2. The Hall–Kier alpha value is -0.850. The lowest BCUT2D eigenvalue weighted by atomic mass is 9.97. The predicted octanol–water partition coefficient (Wildman–Crippen LogP) is 2.79. The van der Waals surface area contributed by atoms with Crippen molar-refractivity contribution in [2.75, 3.05) is 13.1 Å². The number of nitro groups is 1. The summed E-state index contributed by atoms with van der Waals surface area (Å²) in [6.45, 7) is 1.54. The van der Waals surface area contributed by atoms with Crippen LogP contribution in [-0.4, -0.2) is 23.1 Å². The Bertz CT molecular complexity index is 475. The van der Waals surface area contributed by atoms with Crippen LogP contribution in [0.25, 0.3) is 0 Å². The highest BCUT2D eigenvalue weighted by molar-refractivity contribution is 9.10. The molecule has 7 heteroatoms. The van der Waals surface area contributed by atoms with Gasteiger partial charge in [-0.05, 0) is 28.9 Å². The van der Waals surface area contributed by atoms with E-state index in [2.05, 4.69) is 21.2 Å². The average molecular weight is 322 g/mol. The third-order valence-corrected chi connectivity index (χ3v) is 4.29. The van der Waals surface area contributed by atoms with Gasteiger partial charge in [-0.15, -0.1) is 0 Å². The minimum atomic E-state index is -0.513. The summed E-state index contributed by atoms with van der Waals surface area (Å²) >= 11 is 8.91. The number of nitrogens with one attached hydrogen (secondary N) is 1. The molecular weight excluding hydrogens is 311 g/mol. The fourth-order valence-electron chi connectivity index (χ4n) is 1.99. The van der Waals surface area contributed by atoms with Crippen LogP contribution in [0.15, 0.2) is 10.5 Å². The first kappa shape index (κ1) is 12.6. The van der Waals surface area contributed by atoms with Crippen LogP contribution in [0.4, 0.5) is 5.69 Å². The molecule has 1 unspecified atom stereocenters. The molecule has 0 amide bonds. The zero-order valence-electron chi connectivity index (χ0n) is 8.74. The lowest BCUT2D eigenvalue weighted by molar-refractivity contribution is -0.385. The van der Waals surface area contributed by atoms with Crippen LogP contribution in [0.2, 0.25) is 5.02 Å². The van der Waals surface area contributed by atoms with Crippen molar-refractivity contribution in [3.05, 3.63) is 31.2 Å². The van der Waals surface area contributed by atoms with Crippen LogP contribution in [0.5, 0.6) is 5.75 Å². The first-order valence-corrected chi connectivity index (χ1v) is 6.25. The molecule has 2 rings (SSSR count). The molecule has 0 bridgehead atoms. The Labute approximate surface area is 111 Å². The van der Waals surface area contributed by atoms with E-state index < -0.39 is 4.92 Å². The van der Waals surface area contributed by atoms with Crippen molar-refractivity contribution in [1.29, 1.82) is 0 Å². The fraction of sp³-hybridized carbons (Fsp3) is 0.400. The lowest BCUT2D eigenvalue weighted by Gasteiger charge is -2.13. The van der Waals surface area contributed by atoms with E-state index >= 15 is 0 Å². The summed E-state index contributed by atoms with van der Waals surface area (Å²) in [5, 5.41) is 24.0. The number of nitro benzene ring substituents is 1. The molecule has 0 aliphatic carbocycles. The Morgan fingerprint density at radius 2 is 2.35 bits per heavy atom. The van der Waals surface area contributed by atoms with E-state index in [0.717, 1.165) is 13.0 Å². The number of phenolic OH excluding ortho intramolecular Hbond substituents is 1. The monoisotopic (exact) mass is 320 g/mol. The molecule has 1 atom stereocenters. The molecule has 1 aromatic carbocycles. The van der Waals surface area contributed by atoms with Crippen LogP contribution >= 0.6 is 27.5 Å². The molecule has 1 aliphatic heterocycles. The van der Waals surface area contributed by atoms with E-state index in [4.69, 9.17) is 11.6 Å². The highest BCUT2D eigenvalue weighted by atomic mass is 79.9. The van der Waals surface area contributed by atoms with Gasteiger partial charge in [-0.1, -0.05) is 11.6 Å². The lowest BCUT2D eigenvalue weighted by Crippen LogP contribution is -2.08. The third kappa shape index (κ3) is 2.25. The van der Waals surface area contributed by atoms with Gasteiger partial charge in [0.2, 0.25) is 0 Å². The largest absolute Gasteiger partial charge is 0.506 e. The summed E-state index contributed by atoms with van der Waals surface area (Å²) in [7, 11) is 0. The maximum absolute atomic E-state index is 10.9. The van der Waals surface area contributed by atoms with Crippen LogP contribution in [0, 0.1) is 10.1 Å². The van der Waals surface area contributed by atoms with Crippen molar-refractivity contribution in [2.45, 2.75) is 12.3 Å². The second-order valence-electron chi connectivity index (χ2n) is 3.91. The van der Waals surface area contributed by atoms with Gasteiger partial charge >= 0.3 is 0 Å². The number of benzene rings is 1. The summed E-state index contributed by atoms with van der Waals surface area (Å²) in [5.41, 5.74) is 0.421.